The van der Waals surface area contributed by atoms with E-state index >= 15 is 0 Å². The second-order valence-corrected chi connectivity index (χ2v) is 9.41. The topological polar surface area (TPSA) is 146 Å². The van der Waals surface area contributed by atoms with Crippen LogP contribution in [0.15, 0.2) is 24.4 Å². The molecule has 196 valence electrons. The second kappa shape index (κ2) is 11.1. The van der Waals surface area contributed by atoms with Crippen molar-refractivity contribution in [3.63, 3.8) is 0 Å². The lowest BCUT2D eigenvalue weighted by molar-refractivity contribution is -0.143. The number of nitrogens with one attached hydrogen (secondary N) is 1. The highest BCUT2D eigenvalue weighted by Crippen LogP contribution is 2.30. The monoisotopic (exact) mass is 509 g/mol. The fourth-order valence-corrected chi connectivity index (χ4v) is 4.67. The summed E-state index contributed by atoms with van der Waals surface area (Å²) < 4.78 is 19.1. The Bertz CT molecular complexity index is 1240. The molecule has 0 spiro atoms. The van der Waals surface area contributed by atoms with Crippen LogP contribution in [-0.2, 0) is 23.1 Å². The number of nitrogens with zero attached hydrogens (tertiary/aromatic N) is 6. The first-order chi connectivity index (χ1) is 18.0. The van der Waals surface area contributed by atoms with Crippen LogP contribution in [-0.4, -0.2) is 66.4 Å². The molecule has 3 aromatic heterocycles. The predicted octanol–water partition coefficient (Wildman–Crippen LogP) is 2.78. The van der Waals surface area contributed by atoms with Crippen LogP contribution in [0.1, 0.15) is 43.5 Å². The third-order valence-corrected chi connectivity index (χ3v) is 6.71. The van der Waals surface area contributed by atoms with Gasteiger partial charge in [-0.15, -0.1) is 5.10 Å². The molecular weight excluding hydrogens is 478 g/mol. The number of aromatic nitrogens is 6. The van der Waals surface area contributed by atoms with Gasteiger partial charge in [-0.1, -0.05) is 5.21 Å². The molecule has 2 aliphatic rings. The molecule has 1 saturated carbocycles. The minimum atomic E-state index is -0.754. The van der Waals surface area contributed by atoms with E-state index in [1.165, 1.54) is 0 Å². The summed E-state index contributed by atoms with van der Waals surface area (Å²) >= 11 is 0. The Morgan fingerprint density at radius 1 is 1.19 bits per heavy atom. The maximum Gasteiger partial charge on any atom is 0.306 e. The molecule has 0 aromatic carbocycles. The second-order valence-electron chi connectivity index (χ2n) is 9.41. The van der Waals surface area contributed by atoms with Crippen molar-refractivity contribution in [3.8, 4) is 23.0 Å². The quantitative estimate of drug-likeness (QED) is 0.439. The molecule has 12 heteroatoms. The van der Waals surface area contributed by atoms with Gasteiger partial charge < -0.3 is 24.6 Å². The number of aliphatic carboxylic acids is 1. The van der Waals surface area contributed by atoms with Gasteiger partial charge in [0.05, 0.1) is 48.9 Å². The summed E-state index contributed by atoms with van der Waals surface area (Å²) in [5.74, 6) is 0.478. The Morgan fingerprint density at radius 2 is 2.08 bits per heavy atom. The summed E-state index contributed by atoms with van der Waals surface area (Å²) in [6.07, 6.45) is 5.27. The zero-order valence-electron chi connectivity index (χ0n) is 21.0. The predicted molar refractivity (Wildman–Crippen MR) is 132 cm³/mol. The molecule has 1 unspecified atom stereocenters. The van der Waals surface area contributed by atoms with Crippen LogP contribution in [0.5, 0.6) is 11.6 Å². The van der Waals surface area contributed by atoms with Gasteiger partial charge >= 0.3 is 5.97 Å². The third kappa shape index (κ3) is 5.96. The van der Waals surface area contributed by atoms with E-state index in [1.54, 1.807) is 16.9 Å². The minimum absolute atomic E-state index is 0.00797. The van der Waals surface area contributed by atoms with Crippen molar-refractivity contribution < 1.29 is 24.1 Å². The summed E-state index contributed by atoms with van der Waals surface area (Å²) in [6.45, 7) is 3.52. The smallest absolute Gasteiger partial charge is 0.306 e. The number of carboxylic acid groups (broad SMARTS) is 1. The Hall–Kier alpha value is -3.80. The number of carboxylic acids is 1. The molecule has 0 bridgehead atoms. The van der Waals surface area contributed by atoms with Gasteiger partial charge in [0.2, 0.25) is 11.8 Å². The normalized spacial score (nSPS) is 21.5. The zero-order chi connectivity index (χ0) is 25.8. The van der Waals surface area contributed by atoms with Gasteiger partial charge in [0, 0.05) is 25.7 Å². The van der Waals surface area contributed by atoms with Crippen LogP contribution in [0.25, 0.3) is 11.4 Å². The van der Waals surface area contributed by atoms with Gasteiger partial charge in [-0.3, -0.25) is 4.79 Å². The largest absolute Gasteiger partial charge is 0.489 e. The van der Waals surface area contributed by atoms with Crippen LogP contribution in [0.2, 0.25) is 0 Å². The number of ether oxygens (including phenoxy) is 3. The third-order valence-electron chi connectivity index (χ3n) is 6.71. The van der Waals surface area contributed by atoms with Gasteiger partial charge in [0.15, 0.2) is 0 Å². The number of hydrogen-bond donors (Lipinski definition) is 2. The van der Waals surface area contributed by atoms with Crippen LogP contribution in [0.4, 0.5) is 5.95 Å². The van der Waals surface area contributed by atoms with E-state index in [1.807, 2.05) is 26.1 Å². The molecule has 0 amide bonds. The first-order valence-electron chi connectivity index (χ1n) is 12.5. The first-order valence-corrected chi connectivity index (χ1v) is 12.5. The molecule has 3 atom stereocenters. The zero-order valence-corrected chi connectivity index (χ0v) is 21.0. The Labute approximate surface area is 214 Å². The van der Waals surface area contributed by atoms with Crippen molar-refractivity contribution >= 4 is 11.9 Å². The highest BCUT2D eigenvalue weighted by atomic mass is 16.5. The standard InChI is InChI=1S/C25H31N7O5/c1-15-21(36-17-5-3-4-16(12-17)24(33)34)7-6-19(28-15)23-20(32(2)31-30-23)13-27-25-26-10-8-22(29-25)37-18-9-11-35-14-18/h6-8,10,16-18H,3-5,9,11-14H2,1-2H3,(H,33,34)(H,26,27,29)/t16-,17-,18?/m0/s1. The fraction of sp³-hybridized carbons (Fsp3) is 0.520. The van der Waals surface area contributed by atoms with Crippen LogP contribution in [0.3, 0.4) is 0 Å². The van der Waals surface area contributed by atoms with Gasteiger partial charge in [0.1, 0.15) is 17.5 Å². The van der Waals surface area contributed by atoms with Gasteiger partial charge in [-0.05, 0) is 44.7 Å². The van der Waals surface area contributed by atoms with Crippen molar-refractivity contribution in [2.24, 2.45) is 13.0 Å². The Balaban J connectivity index is 1.26. The molecule has 5 rings (SSSR count). The summed E-state index contributed by atoms with van der Waals surface area (Å²) in [5.41, 5.74) is 2.84. The molecule has 3 aromatic rings. The summed E-state index contributed by atoms with van der Waals surface area (Å²) in [6, 6.07) is 5.44. The highest BCUT2D eigenvalue weighted by molar-refractivity contribution is 5.70. The van der Waals surface area contributed by atoms with E-state index in [2.05, 4.69) is 25.6 Å². The first kappa shape index (κ1) is 24.9. The molecular formula is C25H31N7O5. The Kier molecular flexibility index (Phi) is 7.45. The van der Waals surface area contributed by atoms with E-state index in [4.69, 9.17) is 19.2 Å². The van der Waals surface area contributed by atoms with Crippen LogP contribution >= 0.6 is 0 Å². The van der Waals surface area contributed by atoms with E-state index < -0.39 is 5.97 Å². The van der Waals surface area contributed by atoms with Crippen molar-refractivity contribution in [2.75, 3.05) is 18.5 Å². The van der Waals surface area contributed by atoms with E-state index in [0.29, 0.717) is 67.3 Å². The average molecular weight is 510 g/mol. The minimum Gasteiger partial charge on any atom is -0.489 e. The number of aryl methyl sites for hydroxylation is 2. The lowest BCUT2D eigenvalue weighted by Gasteiger charge is -2.27. The molecule has 12 nitrogen and oxygen atoms in total. The van der Waals surface area contributed by atoms with E-state index in [-0.39, 0.29) is 18.1 Å². The number of hydrogen-bond acceptors (Lipinski definition) is 10. The van der Waals surface area contributed by atoms with Crippen molar-refractivity contribution in [3.05, 3.63) is 35.8 Å². The van der Waals surface area contributed by atoms with E-state index in [9.17, 15) is 9.90 Å². The molecule has 1 aliphatic carbocycles. The average Bonchev–Trinajstić information content (AvgIpc) is 3.54. The summed E-state index contributed by atoms with van der Waals surface area (Å²) in [5, 5.41) is 21.1. The lowest BCUT2D eigenvalue weighted by atomic mass is 9.87. The van der Waals surface area contributed by atoms with Crippen molar-refractivity contribution in [2.45, 2.75) is 57.8 Å². The number of rotatable bonds is 9. The van der Waals surface area contributed by atoms with Crippen LogP contribution < -0.4 is 14.8 Å². The SMILES string of the molecule is Cc1nc(-c2nnn(C)c2CNc2nccc(OC3CCOC3)n2)ccc1O[C@H]1CCC[C@H](C(=O)O)C1. The molecule has 37 heavy (non-hydrogen) atoms. The number of pyridine rings is 1. The summed E-state index contributed by atoms with van der Waals surface area (Å²) in [7, 11) is 1.82. The van der Waals surface area contributed by atoms with Gasteiger partial charge in [0.25, 0.3) is 0 Å². The van der Waals surface area contributed by atoms with Crippen molar-refractivity contribution in [1.82, 2.24) is 29.9 Å². The summed E-state index contributed by atoms with van der Waals surface area (Å²) in [4.78, 5) is 24.8. The lowest BCUT2D eigenvalue weighted by Crippen LogP contribution is -2.29. The number of carbonyl (C=O) groups is 1. The van der Waals surface area contributed by atoms with Gasteiger partial charge in [-0.25, -0.2) is 14.6 Å². The fourth-order valence-electron chi connectivity index (χ4n) is 4.67. The maximum absolute atomic E-state index is 11.4. The maximum atomic E-state index is 11.4. The number of anilines is 1. The molecule has 4 heterocycles. The molecule has 1 aliphatic heterocycles. The van der Waals surface area contributed by atoms with Gasteiger partial charge in [-0.2, -0.15) is 4.98 Å². The van der Waals surface area contributed by atoms with E-state index in [0.717, 1.165) is 25.0 Å². The molecule has 2 fully saturated rings. The van der Waals surface area contributed by atoms with Crippen LogP contribution in [0, 0.1) is 12.8 Å². The van der Waals surface area contributed by atoms with Crippen molar-refractivity contribution in [1.29, 1.82) is 0 Å². The molecule has 2 N–H and O–H groups in total. The highest BCUT2D eigenvalue weighted by Gasteiger charge is 2.28. The molecule has 0 radical (unpaired) electrons. The Morgan fingerprint density at radius 3 is 2.86 bits per heavy atom. The molecule has 1 saturated heterocycles.